The summed E-state index contributed by atoms with van der Waals surface area (Å²) >= 11 is 0. The number of rotatable bonds is 2. The maximum absolute atomic E-state index is 4.63. The second-order valence-corrected chi connectivity index (χ2v) is 4.29. The van der Waals surface area contributed by atoms with Crippen molar-refractivity contribution in [3.63, 3.8) is 0 Å². The van der Waals surface area contributed by atoms with Gasteiger partial charge in [0.1, 0.15) is 0 Å². The molecule has 0 N–H and O–H groups in total. The van der Waals surface area contributed by atoms with E-state index in [2.05, 4.69) is 9.98 Å². The molecule has 2 aromatic carbocycles. The van der Waals surface area contributed by atoms with Gasteiger partial charge in [-0.25, -0.2) is 0 Å². The molecule has 0 spiro atoms. The zero-order chi connectivity index (χ0) is 12.2. The molecule has 0 aromatic heterocycles. The molecular weight excluding hydrogens is 220 g/mol. The highest BCUT2D eigenvalue weighted by Gasteiger charge is 2.20. The van der Waals surface area contributed by atoms with Gasteiger partial charge in [0.25, 0.3) is 0 Å². The fourth-order valence-electron chi connectivity index (χ4n) is 1.91. The Morgan fingerprint density at radius 3 is 1.28 bits per heavy atom. The minimum atomic E-state index is 1.01. The summed E-state index contributed by atoms with van der Waals surface area (Å²) in [5.74, 6) is 0. The highest BCUT2D eigenvalue weighted by Crippen LogP contribution is 2.22. The van der Waals surface area contributed by atoms with Crippen molar-refractivity contribution in [3.8, 4) is 0 Å². The molecule has 0 heterocycles. The van der Waals surface area contributed by atoms with Crippen LogP contribution >= 0.6 is 0 Å². The number of hydrogen-bond donors (Lipinski definition) is 0. The first kappa shape index (κ1) is 10.9. The van der Waals surface area contributed by atoms with E-state index in [9.17, 15) is 0 Å². The van der Waals surface area contributed by atoms with Gasteiger partial charge in [-0.05, 0) is 37.1 Å². The molecule has 18 heavy (non-hydrogen) atoms. The van der Waals surface area contributed by atoms with E-state index in [1.165, 1.54) is 0 Å². The maximum Gasteiger partial charge on any atom is 0.0633 e. The van der Waals surface area contributed by atoms with Crippen molar-refractivity contribution in [1.82, 2.24) is 0 Å². The van der Waals surface area contributed by atoms with E-state index in [1.54, 1.807) is 0 Å². The van der Waals surface area contributed by atoms with Crippen LogP contribution in [0.25, 0.3) is 0 Å². The van der Waals surface area contributed by atoms with Gasteiger partial charge in [-0.2, -0.15) is 0 Å². The standard InChI is InChI=1S/C16H14N2/c1-3-7-13(8-4-1)17-15-11-12-16(15)18-14-9-5-2-6-10-14/h1-10H,11-12H2. The van der Waals surface area contributed by atoms with Gasteiger partial charge >= 0.3 is 0 Å². The van der Waals surface area contributed by atoms with Crippen molar-refractivity contribution in [2.75, 3.05) is 0 Å². The van der Waals surface area contributed by atoms with Gasteiger partial charge in [0.2, 0.25) is 0 Å². The van der Waals surface area contributed by atoms with Crippen LogP contribution in [0.3, 0.4) is 0 Å². The molecule has 0 aliphatic heterocycles. The number of hydrogen-bond acceptors (Lipinski definition) is 2. The van der Waals surface area contributed by atoms with Crippen LogP contribution in [0.1, 0.15) is 12.8 Å². The summed E-state index contributed by atoms with van der Waals surface area (Å²) in [6.07, 6.45) is 2.06. The average molecular weight is 234 g/mol. The van der Waals surface area contributed by atoms with Crippen molar-refractivity contribution in [2.24, 2.45) is 9.98 Å². The smallest absolute Gasteiger partial charge is 0.0633 e. The van der Waals surface area contributed by atoms with Gasteiger partial charge in [-0.15, -0.1) is 0 Å². The lowest BCUT2D eigenvalue weighted by atomic mass is 9.93. The predicted molar refractivity (Wildman–Crippen MR) is 76.3 cm³/mol. The summed E-state index contributed by atoms with van der Waals surface area (Å²) in [5.41, 5.74) is 4.25. The van der Waals surface area contributed by atoms with Crippen molar-refractivity contribution >= 4 is 22.8 Å². The summed E-state index contributed by atoms with van der Waals surface area (Å²) in [4.78, 5) is 9.26. The molecule has 2 nitrogen and oxygen atoms in total. The molecule has 0 bridgehead atoms. The van der Waals surface area contributed by atoms with E-state index in [0.717, 1.165) is 35.6 Å². The van der Waals surface area contributed by atoms with Crippen LogP contribution in [-0.4, -0.2) is 11.4 Å². The van der Waals surface area contributed by atoms with Gasteiger partial charge in [-0.1, -0.05) is 36.4 Å². The summed E-state index contributed by atoms with van der Waals surface area (Å²) in [6.45, 7) is 0. The van der Waals surface area contributed by atoms with Gasteiger partial charge in [0.15, 0.2) is 0 Å². The number of para-hydroxylation sites is 2. The van der Waals surface area contributed by atoms with E-state index in [4.69, 9.17) is 0 Å². The highest BCUT2D eigenvalue weighted by molar-refractivity contribution is 6.49. The van der Waals surface area contributed by atoms with Gasteiger partial charge < -0.3 is 0 Å². The van der Waals surface area contributed by atoms with E-state index >= 15 is 0 Å². The Kier molecular flexibility index (Phi) is 3.01. The predicted octanol–water partition coefficient (Wildman–Crippen LogP) is 4.33. The lowest BCUT2D eigenvalue weighted by Crippen LogP contribution is -2.25. The summed E-state index contributed by atoms with van der Waals surface area (Å²) < 4.78 is 0. The monoisotopic (exact) mass is 234 g/mol. The third-order valence-corrected chi connectivity index (χ3v) is 2.97. The summed E-state index contributed by atoms with van der Waals surface area (Å²) in [6, 6.07) is 20.1. The molecule has 0 saturated heterocycles. The Morgan fingerprint density at radius 2 is 0.944 bits per heavy atom. The fourth-order valence-corrected chi connectivity index (χ4v) is 1.91. The Hall–Kier alpha value is -2.22. The first-order valence-corrected chi connectivity index (χ1v) is 6.17. The van der Waals surface area contributed by atoms with Gasteiger partial charge in [0.05, 0.1) is 22.8 Å². The van der Waals surface area contributed by atoms with Gasteiger partial charge in [-0.3, -0.25) is 9.98 Å². The van der Waals surface area contributed by atoms with Crippen LogP contribution in [0, 0.1) is 0 Å². The molecule has 1 aliphatic rings. The maximum atomic E-state index is 4.63. The zero-order valence-corrected chi connectivity index (χ0v) is 10.1. The largest absolute Gasteiger partial charge is 0.252 e. The minimum absolute atomic E-state index is 1.01. The molecule has 0 atom stereocenters. The SMILES string of the molecule is c1ccc(N=C2CCC2=Nc2ccccc2)cc1. The third kappa shape index (κ3) is 2.38. The topological polar surface area (TPSA) is 24.7 Å². The first-order chi connectivity index (χ1) is 8.92. The zero-order valence-electron chi connectivity index (χ0n) is 10.1. The third-order valence-electron chi connectivity index (χ3n) is 2.97. The van der Waals surface area contributed by atoms with Crippen LogP contribution in [0.15, 0.2) is 70.6 Å². The normalized spacial score (nSPS) is 18.9. The Morgan fingerprint density at radius 1 is 0.556 bits per heavy atom. The number of nitrogens with zero attached hydrogens (tertiary/aromatic N) is 2. The van der Waals surface area contributed by atoms with Crippen molar-refractivity contribution in [3.05, 3.63) is 60.7 Å². The molecule has 1 fully saturated rings. The number of aliphatic imine (C=N–C) groups is 2. The fraction of sp³-hybridized carbons (Fsp3) is 0.125. The molecule has 2 heteroatoms. The average Bonchev–Trinajstić information content (AvgIpc) is 2.43. The molecule has 1 aliphatic carbocycles. The number of benzene rings is 2. The van der Waals surface area contributed by atoms with Gasteiger partial charge in [0, 0.05) is 0 Å². The van der Waals surface area contributed by atoms with E-state index in [0.29, 0.717) is 0 Å². The van der Waals surface area contributed by atoms with Crippen LogP contribution in [0.2, 0.25) is 0 Å². The van der Waals surface area contributed by atoms with E-state index in [1.807, 2.05) is 60.7 Å². The van der Waals surface area contributed by atoms with Crippen molar-refractivity contribution in [1.29, 1.82) is 0 Å². The molecule has 88 valence electrons. The molecule has 2 aromatic rings. The van der Waals surface area contributed by atoms with Crippen LogP contribution < -0.4 is 0 Å². The molecule has 3 rings (SSSR count). The highest BCUT2D eigenvalue weighted by atomic mass is 14.8. The second kappa shape index (κ2) is 4.96. The lowest BCUT2D eigenvalue weighted by Gasteiger charge is -2.18. The van der Waals surface area contributed by atoms with Crippen LogP contribution in [0.5, 0.6) is 0 Å². The van der Waals surface area contributed by atoms with E-state index in [-0.39, 0.29) is 0 Å². The molecule has 1 saturated carbocycles. The Balaban J connectivity index is 1.84. The summed E-state index contributed by atoms with van der Waals surface area (Å²) in [7, 11) is 0. The van der Waals surface area contributed by atoms with Crippen molar-refractivity contribution in [2.45, 2.75) is 12.8 Å². The first-order valence-electron chi connectivity index (χ1n) is 6.17. The molecule has 0 unspecified atom stereocenters. The molecule has 0 radical (unpaired) electrons. The lowest BCUT2D eigenvalue weighted by molar-refractivity contribution is 1.08. The molecule has 0 amide bonds. The summed E-state index contributed by atoms with van der Waals surface area (Å²) in [5, 5.41) is 0. The van der Waals surface area contributed by atoms with E-state index < -0.39 is 0 Å². The Labute approximate surface area is 107 Å². The van der Waals surface area contributed by atoms with Crippen LogP contribution in [-0.2, 0) is 0 Å². The quantitative estimate of drug-likeness (QED) is 0.739. The Bertz CT molecular complexity index is 528. The minimum Gasteiger partial charge on any atom is -0.252 e. The second-order valence-electron chi connectivity index (χ2n) is 4.29. The van der Waals surface area contributed by atoms with Crippen LogP contribution in [0.4, 0.5) is 11.4 Å². The van der Waals surface area contributed by atoms with Crippen molar-refractivity contribution < 1.29 is 0 Å². The molecular formula is C16H14N2.